The van der Waals surface area contributed by atoms with E-state index in [0.29, 0.717) is 18.0 Å². The molecule has 0 aliphatic carbocycles. The molecule has 0 saturated heterocycles. The van der Waals surface area contributed by atoms with Gasteiger partial charge < -0.3 is 19.7 Å². The fourth-order valence-electron chi connectivity index (χ4n) is 2.64. The Bertz CT molecular complexity index is 799. The summed E-state index contributed by atoms with van der Waals surface area (Å²) in [7, 11) is 5.09. The summed E-state index contributed by atoms with van der Waals surface area (Å²) >= 11 is 0. The average Bonchev–Trinajstić information content (AvgIpc) is 2.67. The summed E-state index contributed by atoms with van der Waals surface area (Å²) in [6, 6.07) is 8.66. The molecule has 0 bridgehead atoms. The van der Waals surface area contributed by atoms with E-state index in [1.807, 2.05) is 25.2 Å². The summed E-state index contributed by atoms with van der Waals surface area (Å²) in [6.07, 6.45) is 0.745. The lowest BCUT2D eigenvalue weighted by Gasteiger charge is -2.21. The van der Waals surface area contributed by atoms with Gasteiger partial charge >= 0.3 is 0 Å². The van der Waals surface area contributed by atoms with Crippen molar-refractivity contribution in [1.29, 1.82) is 0 Å². The minimum absolute atomic E-state index is 0.235. The molecule has 1 unspecified atom stereocenters. The zero-order valence-electron chi connectivity index (χ0n) is 15.9. The molecular weight excluding hydrogens is 354 g/mol. The zero-order valence-corrected chi connectivity index (χ0v) is 15.9. The van der Waals surface area contributed by atoms with Crippen LogP contribution in [0.1, 0.15) is 12.5 Å². The molecular formula is C20H25F2N2O3+. The molecule has 0 heterocycles. The smallest absolute Gasteiger partial charge is 0.282 e. The molecule has 2 N–H and O–H groups in total. The lowest BCUT2D eigenvalue weighted by Crippen LogP contribution is -3.14. The highest BCUT2D eigenvalue weighted by molar-refractivity contribution is 5.93. The van der Waals surface area contributed by atoms with Crippen LogP contribution in [0.2, 0.25) is 0 Å². The first-order chi connectivity index (χ1) is 12.8. The van der Waals surface area contributed by atoms with Gasteiger partial charge in [0.2, 0.25) is 0 Å². The van der Waals surface area contributed by atoms with Gasteiger partial charge in [-0.3, -0.25) is 4.79 Å². The highest BCUT2D eigenvalue weighted by Crippen LogP contribution is 2.27. The maximum Gasteiger partial charge on any atom is 0.282 e. The third-order valence-corrected chi connectivity index (χ3v) is 4.58. The topological polar surface area (TPSA) is 52.0 Å². The van der Waals surface area contributed by atoms with Gasteiger partial charge in [-0.2, -0.15) is 0 Å². The van der Waals surface area contributed by atoms with Crippen LogP contribution in [0.25, 0.3) is 0 Å². The van der Waals surface area contributed by atoms with Crippen molar-refractivity contribution in [3.8, 4) is 11.5 Å². The van der Waals surface area contributed by atoms with Gasteiger partial charge in [0.15, 0.2) is 29.2 Å². The number of ether oxygens (including phenoxy) is 2. The quantitative estimate of drug-likeness (QED) is 0.738. The van der Waals surface area contributed by atoms with Crippen LogP contribution in [0.4, 0.5) is 14.5 Å². The number of methoxy groups -OCH3 is 2. The van der Waals surface area contributed by atoms with E-state index in [9.17, 15) is 13.6 Å². The van der Waals surface area contributed by atoms with Gasteiger partial charge in [-0.05, 0) is 36.8 Å². The Balaban J connectivity index is 1.93. The number of carbonyl (C=O) groups excluding carboxylic acids is 1. The number of likely N-dealkylation sites (N-methyl/N-ethyl adjacent to an activating group) is 1. The molecule has 7 heteroatoms. The van der Waals surface area contributed by atoms with Gasteiger partial charge in [0, 0.05) is 18.2 Å². The SMILES string of the molecule is COc1ccc(CC[NH+](C)[C@@H](C)C(=O)Nc2ccc(F)c(F)c2)cc1OC. The molecule has 0 spiro atoms. The van der Waals surface area contributed by atoms with Crippen molar-refractivity contribution in [2.45, 2.75) is 19.4 Å². The Labute approximate surface area is 157 Å². The van der Waals surface area contributed by atoms with E-state index in [1.54, 1.807) is 21.1 Å². The van der Waals surface area contributed by atoms with Crippen LogP contribution in [0.3, 0.4) is 0 Å². The highest BCUT2D eigenvalue weighted by atomic mass is 19.2. The molecule has 0 aromatic heterocycles. The monoisotopic (exact) mass is 379 g/mol. The molecule has 0 saturated carbocycles. The van der Waals surface area contributed by atoms with Gasteiger partial charge in [-0.25, -0.2) is 8.78 Å². The van der Waals surface area contributed by atoms with Gasteiger partial charge in [0.25, 0.3) is 5.91 Å². The van der Waals surface area contributed by atoms with E-state index in [1.165, 1.54) is 6.07 Å². The number of quaternary nitrogens is 1. The maximum absolute atomic E-state index is 13.3. The maximum atomic E-state index is 13.3. The van der Waals surface area contributed by atoms with E-state index in [2.05, 4.69) is 5.32 Å². The van der Waals surface area contributed by atoms with Gasteiger partial charge in [-0.1, -0.05) is 6.07 Å². The van der Waals surface area contributed by atoms with Crippen LogP contribution in [0, 0.1) is 11.6 Å². The fraction of sp³-hybridized carbons (Fsp3) is 0.350. The summed E-state index contributed by atoms with van der Waals surface area (Å²) in [4.78, 5) is 13.4. The van der Waals surface area contributed by atoms with E-state index < -0.39 is 11.6 Å². The molecule has 0 radical (unpaired) electrons. The van der Waals surface area contributed by atoms with E-state index in [-0.39, 0.29) is 17.6 Å². The molecule has 2 rings (SSSR count). The Morgan fingerprint density at radius 3 is 2.41 bits per heavy atom. The van der Waals surface area contributed by atoms with Crippen LogP contribution < -0.4 is 19.7 Å². The predicted octanol–water partition coefficient (Wildman–Crippen LogP) is 2.07. The van der Waals surface area contributed by atoms with E-state index in [0.717, 1.165) is 29.0 Å². The number of anilines is 1. The van der Waals surface area contributed by atoms with Crippen molar-refractivity contribution < 1.29 is 27.9 Å². The summed E-state index contributed by atoms with van der Waals surface area (Å²) in [5.41, 5.74) is 1.30. The summed E-state index contributed by atoms with van der Waals surface area (Å²) < 4.78 is 36.8. The zero-order chi connectivity index (χ0) is 20.0. The van der Waals surface area contributed by atoms with Gasteiger partial charge in [0.05, 0.1) is 27.8 Å². The molecule has 27 heavy (non-hydrogen) atoms. The first-order valence-corrected chi connectivity index (χ1v) is 8.64. The Kier molecular flexibility index (Phi) is 7.12. The first-order valence-electron chi connectivity index (χ1n) is 8.64. The standard InChI is InChI=1S/C20H24F2N2O3/c1-13(20(25)23-15-6-7-16(21)17(22)12-15)24(2)10-9-14-5-8-18(26-3)19(11-14)27-4/h5-8,11-13H,9-10H2,1-4H3,(H,23,25)/p+1/t13-/m0/s1. The number of amides is 1. The Morgan fingerprint density at radius 2 is 1.78 bits per heavy atom. The van der Waals surface area contributed by atoms with Crippen LogP contribution in [0.15, 0.2) is 36.4 Å². The molecule has 2 atom stereocenters. The van der Waals surface area contributed by atoms with E-state index in [4.69, 9.17) is 9.47 Å². The molecule has 0 fully saturated rings. The average molecular weight is 379 g/mol. The molecule has 0 aliphatic heterocycles. The first kappa shape index (κ1) is 20.6. The molecule has 2 aromatic carbocycles. The van der Waals surface area contributed by atoms with Crippen molar-refractivity contribution in [3.63, 3.8) is 0 Å². The summed E-state index contributed by atoms with van der Waals surface area (Å²) in [5.74, 6) is -0.864. The van der Waals surface area contributed by atoms with Gasteiger partial charge in [0.1, 0.15) is 0 Å². The Hall–Kier alpha value is -2.67. The summed E-state index contributed by atoms with van der Waals surface area (Å²) in [6.45, 7) is 2.50. The second-order valence-electron chi connectivity index (χ2n) is 6.38. The second kappa shape index (κ2) is 9.32. The number of hydrogen-bond acceptors (Lipinski definition) is 3. The molecule has 0 aliphatic rings. The van der Waals surface area contributed by atoms with Crippen LogP contribution in [-0.4, -0.2) is 39.8 Å². The third-order valence-electron chi connectivity index (χ3n) is 4.58. The number of benzene rings is 2. The van der Waals surface area contributed by atoms with Gasteiger partial charge in [-0.15, -0.1) is 0 Å². The van der Waals surface area contributed by atoms with Crippen molar-refractivity contribution in [2.24, 2.45) is 0 Å². The van der Waals surface area contributed by atoms with Crippen LogP contribution >= 0.6 is 0 Å². The lowest BCUT2D eigenvalue weighted by molar-refractivity contribution is -0.893. The van der Waals surface area contributed by atoms with Crippen LogP contribution in [-0.2, 0) is 11.2 Å². The number of rotatable bonds is 8. The second-order valence-corrected chi connectivity index (χ2v) is 6.38. The van der Waals surface area contributed by atoms with Crippen molar-refractivity contribution in [1.82, 2.24) is 0 Å². The fourth-order valence-corrected chi connectivity index (χ4v) is 2.64. The number of carbonyl (C=O) groups is 1. The van der Waals surface area contributed by atoms with Crippen molar-refractivity contribution >= 4 is 11.6 Å². The number of nitrogens with one attached hydrogen (secondary N) is 2. The largest absolute Gasteiger partial charge is 0.493 e. The number of hydrogen-bond donors (Lipinski definition) is 2. The van der Waals surface area contributed by atoms with Crippen molar-refractivity contribution in [2.75, 3.05) is 33.1 Å². The highest BCUT2D eigenvalue weighted by Gasteiger charge is 2.22. The normalized spacial score (nSPS) is 13.0. The van der Waals surface area contributed by atoms with E-state index >= 15 is 0 Å². The minimum Gasteiger partial charge on any atom is -0.493 e. The Morgan fingerprint density at radius 1 is 1.07 bits per heavy atom. The third kappa shape index (κ3) is 5.40. The minimum atomic E-state index is -0.991. The predicted molar refractivity (Wildman–Crippen MR) is 99.5 cm³/mol. The molecule has 1 amide bonds. The van der Waals surface area contributed by atoms with Crippen molar-refractivity contribution in [3.05, 3.63) is 53.6 Å². The number of halogens is 2. The summed E-state index contributed by atoms with van der Waals surface area (Å²) in [5, 5.41) is 2.62. The lowest BCUT2D eigenvalue weighted by atomic mass is 10.1. The van der Waals surface area contributed by atoms with Crippen LogP contribution in [0.5, 0.6) is 11.5 Å². The molecule has 5 nitrogen and oxygen atoms in total. The molecule has 146 valence electrons. The molecule has 2 aromatic rings.